The summed E-state index contributed by atoms with van der Waals surface area (Å²) < 4.78 is 25.0. The van der Waals surface area contributed by atoms with Crippen molar-refractivity contribution in [2.75, 3.05) is 11.7 Å². The molecule has 5 rings (SSSR count). The number of halogens is 1. The molecular weight excluding hydrogens is 411 g/mol. The van der Waals surface area contributed by atoms with Gasteiger partial charge in [-0.3, -0.25) is 4.79 Å². The van der Waals surface area contributed by atoms with Crippen molar-refractivity contribution in [3.05, 3.63) is 94.3 Å². The van der Waals surface area contributed by atoms with Crippen LogP contribution in [0.4, 0.5) is 10.1 Å². The highest BCUT2D eigenvalue weighted by Crippen LogP contribution is 2.37. The van der Waals surface area contributed by atoms with Gasteiger partial charge in [-0.15, -0.1) is 0 Å². The number of benzene rings is 3. The highest BCUT2D eigenvalue weighted by molar-refractivity contribution is 6.54. The Morgan fingerprint density at radius 1 is 1.09 bits per heavy atom. The van der Waals surface area contributed by atoms with E-state index in [-0.39, 0.29) is 25.7 Å². The normalized spacial score (nSPS) is 16.3. The van der Waals surface area contributed by atoms with Crippen LogP contribution in [0.3, 0.4) is 0 Å². The first-order valence-electron chi connectivity index (χ1n) is 10.1. The lowest BCUT2D eigenvalue weighted by Crippen LogP contribution is -2.30. The summed E-state index contributed by atoms with van der Waals surface area (Å²) in [6, 6.07) is 17.9. The van der Waals surface area contributed by atoms with Crippen molar-refractivity contribution >= 4 is 29.5 Å². The van der Waals surface area contributed by atoms with Gasteiger partial charge in [-0.25, -0.2) is 4.39 Å². The van der Waals surface area contributed by atoms with E-state index in [0.717, 1.165) is 11.1 Å². The van der Waals surface area contributed by atoms with Gasteiger partial charge in [0.1, 0.15) is 11.6 Å². The van der Waals surface area contributed by atoms with Crippen molar-refractivity contribution in [1.82, 2.24) is 0 Å². The lowest BCUT2D eigenvalue weighted by molar-refractivity contribution is -0.112. The average molecular weight is 430 g/mol. The topological polar surface area (TPSA) is 71.4 Å². The van der Waals surface area contributed by atoms with Crippen molar-refractivity contribution in [2.45, 2.75) is 13.2 Å². The highest BCUT2D eigenvalue weighted by atomic mass is 19.1. The molecule has 0 fully saturated rings. The molecule has 1 N–H and O–H groups in total. The molecule has 3 aromatic carbocycles. The van der Waals surface area contributed by atoms with Gasteiger partial charge in [-0.05, 0) is 29.3 Å². The number of nitrogens with zero attached hydrogens (tertiary/aromatic N) is 2. The standard InChI is InChI=1S/C25H19FN2O4/c26-20-11-18(24-19(12-20)14-31-15-32-24)13-28-21-8-4-7-17(22(21)23(27-30)25(28)29)10-9-16-5-2-1-3-6-16/h1-12,30H,13-15H2/b10-9+,27-23-. The Balaban J connectivity index is 1.55. The predicted molar refractivity (Wildman–Crippen MR) is 118 cm³/mol. The third-order valence-corrected chi connectivity index (χ3v) is 5.49. The van der Waals surface area contributed by atoms with Crippen molar-refractivity contribution < 1.29 is 23.9 Å². The first-order chi connectivity index (χ1) is 15.7. The van der Waals surface area contributed by atoms with E-state index in [4.69, 9.17) is 9.47 Å². The average Bonchev–Trinajstić information content (AvgIpc) is 3.09. The number of rotatable bonds is 4. The maximum absolute atomic E-state index is 14.2. The summed E-state index contributed by atoms with van der Waals surface area (Å²) in [4.78, 5) is 14.6. The molecule has 0 radical (unpaired) electrons. The molecule has 1 amide bonds. The zero-order valence-electron chi connectivity index (χ0n) is 17.0. The van der Waals surface area contributed by atoms with E-state index in [9.17, 15) is 14.4 Å². The van der Waals surface area contributed by atoms with Gasteiger partial charge in [0, 0.05) is 16.7 Å². The van der Waals surface area contributed by atoms with Crippen molar-refractivity contribution in [1.29, 1.82) is 0 Å². The molecule has 0 unspecified atom stereocenters. The molecule has 7 heteroatoms. The van der Waals surface area contributed by atoms with Crippen LogP contribution in [0.25, 0.3) is 12.2 Å². The van der Waals surface area contributed by atoms with Crippen LogP contribution >= 0.6 is 0 Å². The van der Waals surface area contributed by atoms with E-state index < -0.39 is 11.7 Å². The number of carbonyl (C=O) groups excluding carboxylic acids is 1. The maximum Gasteiger partial charge on any atom is 0.281 e. The Bertz CT molecular complexity index is 1250. The lowest BCUT2D eigenvalue weighted by atomic mass is 10.0. The van der Waals surface area contributed by atoms with Gasteiger partial charge in [0.05, 0.1) is 18.8 Å². The summed E-state index contributed by atoms with van der Waals surface area (Å²) in [5.74, 6) is -0.384. The molecule has 0 spiro atoms. The van der Waals surface area contributed by atoms with E-state index in [1.54, 1.807) is 6.07 Å². The molecule has 6 nitrogen and oxygen atoms in total. The lowest BCUT2D eigenvalue weighted by Gasteiger charge is -2.24. The van der Waals surface area contributed by atoms with Gasteiger partial charge in [0.2, 0.25) is 0 Å². The number of hydrogen-bond acceptors (Lipinski definition) is 5. The molecule has 0 atom stereocenters. The number of ether oxygens (including phenoxy) is 2. The Labute approximate surface area is 183 Å². The Hall–Kier alpha value is -3.97. The third-order valence-electron chi connectivity index (χ3n) is 5.49. The molecule has 2 aliphatic rings. The van der Waals surface area contributed by atoms with Crippen LogP contribution in [0, 0.1) is 5.82 Å². The molecule has 3 aromatic rings. The number of oxime groups is 1. The fourth-order valence-electron chi connectivity index (χ4n) is 4.07. The molecule has 0 bridgehead atoms. The van der Waals surface area contributed by atoms with E-state index >= 15 is 0 Å². The number of amides is 1. The van der Waals surface area contributed by atoms with Gasteiger partial charge in [-0.1, -0.05) is 59.8 Å². The van der Waals surface area contributed by atoms with E-state index in [1.165, 1.54) is 17.0 Å². The smallest absolute Gasteiger partial charge is 0.281 e. The zero-order valence-corrected chi connectivity index (χ0v) is 17.0. The van der Waals surface area contributed by atoms with Crippen LogP contribution in [-0.4, -0.2) is 23.6 Å². The largest absolute Gasteiger partial charge is 0.467 e. The Morgan fingerprint density at radius 2 is 1.94 bits per heavy atom. The second-order valence-corrected chi connectivity index (χ2v) is 7.49. The Morgan fingerprint density at radius 3 is 2.75 bits per heavy atom. The molecule has 0 saturated heterocycles. The molecule has 2 heterocycles. The van der Waals surface area contributed by atoms with Gasteiger partial charge < -0.3 is 19.6 Å². The molecular formula is C25H19FN2O4. The zero-order chi connectivity index (χ0) is 22.1. The number of hydrogen-bond donors (Lipinski definition) is 1. The van der Waals surface area contributed by atoms with Crippen LogP contribution in [0.2, 0.25) is 0 Å². The highest BCUT2D eigenvalue weighted by Gasteiger charge is 2.37. The Kier molecular flexibility index (Phi) is 5.17. The minimum Gasteiger partial charge on any atom is -0.467 e. The van der Waals surface area contributed by atoms with Crippen LogP contribution in [-0.2, 0) is 22.7 Å². The van der Waals surface area contributed by atoms with E-state index in [0.29, 0.717) is 28.1 Å². The molecule has 0 saturated carbocycles. The predicted octanol–water partition coefficient (Wildman–Crippen LogP) is 4.59. The summed E-state index contributed by atoms with van der Waals surface area (Å²) in [6.45, 7) is 0.368. The maximum atomic E-state index is 14.2. The third kappa shape index (κ3) is 3.52. The van der Waals surface area contributed by atoms with Crippen LogP contribution < -0.4 is 9.64 Å². The van der Waals surface area contributed by atoms with E-state index in [1.807, 2.05) is 54.6 Å². The van der Waals surface area contributed by atoms with E-state index in [2.05, 4.69) is 5.16 Å². The van der Waals surface area contributed by atoms with Crippen LogP contribution in [0.5, 0.6) is 5.75 Å². The fourth-order valence-corrected chi connectivity index (χ4v) is 4.07. The van der Waals surface area contributed by atoms with Crippen molar-refractivity contribution in [3.8, 4) is 5.75 Å². The van der Waals surface area contributed by atoms with Gasteiger partial charge >= 0.3 is 0 Å². The second-order valence-electron chi connectivity index (χ2n) is 7.49. The van der Waals surface area contributed by atoms with Gasteiger partial charge in [-0.2, -0.15) is 0 Å². The minimum absolute atomic E-state index is 0.0529. The number of fused-ring (bicyclic) bond motifs is 2. The number of anilines is 1. The summed E-state index contributed by atoms with van der Waals surface area (Å²) in [5.41, 5.74) is 3.91. The molecule has 32 heavy (non-hydrogen) atoms. The number of carbonyl (C=O) groups is 1. The first kappa shape index (κ1) is 20.0. The van der Waals surface area contributed by atoms with Crippen molar-refractivity contribution in [2.24, 2.45) is 5.16 Å². The first-order valence-corrected chi connectivity index (χ1v) is 10.1. The molecule has 2 aliphatic heterocycles. The summed E-state index contributed by atoms with van der Waals surface area (Å²) in [5, 5.41) is 12.9. The summed E-state index contributed by atoms with van der Waals surface area (Å²) >= 11 is 0. The summed E-state index contributed by atoms with van der Waals surface area (Å²) in [6.07, 6.45) is 3.80. The minimum atomic E-state index is -0.465. The van der Waals surface area contributed by atoms with Gasteiger partial charge in [0.25, 0.3) is 5.91 Å². The monoisotopic (exact) mass is 430 g/mol. The van der Waals surface area contributed by atoms with Crippen LogP contribution in [0.15, 0.2) is 65.8 Å². The second kappa shape index (κ2) is 8.28. The fraction of sp³-hybridized carbons (Fsp3) is 0.120. The molecule has 0 aromatic heterocycles. The van der Waals surface area contributed by atoms with Gasteiger partial charge in [0.15, 0.2) is 12.5 Å². The van der Waals surface area contributed by atoms with Crippen molar-refractivity contribution in [3.63, 3.8) is 0 Å². The summed E-state index contributed by atoms with van der Waals surface area (Å²) in [7, 11) is 0. The quantitative estimate of drug-likeness (QED) is 0.373. The SMILES string of the molecule is O=C1/C(=N\O)c2c(/C=C/c3ccccc3)cccc2N1Cc1cc(F)cc2c1OCOC2. The van der Waals surface area contributed by atoms with Crippen LogP contribution in [0.1, 0.15) is 27.8 Å². The molecule has 0 aliphatic carbocycles. The molecule has 160 valence electrons.